The maximum absolute atomic E-state index is 12.2. The van der Waals surface area contributed by atoms with E-state index in [9.17, 15) is 9.59 Å². The van der Waals surface area contributed by atoms with Gasteiger partial charge < -0.3 is 20.4 Å². The molecule has 0 spiro atoms. The molecule has 0 aliphatic carbocycles. The van der Waals surface area contributed by atoms with Gasteiger partial charge in [0.25, 0.3) is 11.8 Å². The molecule has 0 aliphatic heterocycles. The molecular weight excluding hydrogens is 413 g/mol. The number of nitrogens with one attached hydrogen (secondary N) is 3. The summed E-state index contributed by atoms with van der Waals surface area (Å²) < 4.78 is 5.57. The number of aromatic amines is 1. The lowest BCUT2D eigenvalue weighted by molar-refractivity contribution is -0.127. The van der Waals surface area contributed by atoms with Crippen LogP contribution in [0.15, 0.2) is 48.5 Å². The van der Waals surface area contributed by atoms with E-state index in [1.54, 1.807) is 25.1 Å². The third-order valence-corrected chi connectivity index (χ3v) is 4.81. The molecule has 3 N–H and O–H groups in total. The largest absolute Gasteiger partial charge is 0.479 e. The highest BCUT2D eigenvalue weighted by Gasteiger charge is 2.16. The number of carbonyl (C=O) groups is 2. The maximum Gasteiger partial charge on any atom is 0.267 e. The van der Waals surface area contributed by atoms with Gasteiger partial charge in [-0.15, -0.1) is 0 Å². The number of carbonyl (C=O) groups excluding carboxylic acids is 2. The first kappa shape index (κ1) is 21.0. The molecule has 8 heteroatoms. The fourth-order valence-electron chi connectivity index (χ4n) is 2.75. The topological polar surface area (TPSA) is 83.2 Å². The third kappa shape index (κ3) is 5.65. The van der Waals surface area contributed by atoms with Gasteiger partial charge in [-0.3, -0.25) is 9.59 Å². The van der Waals surface area contributed by atoms with Crippen LogP contribution in [-0.2, 0) is 4.79 Å². The first-order valence-electron chi connectivity index (χ1n) is 9.19. The maximum atomic E-state index is 12.2. The Morgan fingerprint density at radius 2 is 1.83 bits per heavy atom. The standard InChI is InChI=1S/C21H21Cl2N3O3/c1-13(29-19-8-7-15(22)12-16(19)23)20(27)24-9-4-10-25-21(28)18-11-14-5-2-3-6-17(14)26-18/h2-3,5-8,11-13,26H,4,9-10H2,1H3,(H,24,27)(H,25,28)/t13-/m0/s1. The number of ether oxygens (including phenoxy) is 1. The van der Waals surface area contributed by atoms with Crippen LogP contribution in [0.25, 0.3) is 10.9 Å². The SMILES string of the molecule is C[C@H](Oc1ccc(Cl)cc1Cl)C(=O)NCCCNC(=O)c1cc2ccccc2[nH]1. The average molecular weight is 434 g/mol. The van der Waals surface area contributed by atoms with Gasteiger partial charge in [0.1, 0.15) is 11.4 Å². The van der Waals surface area contributed by atoms with E-state index in [0.29, 0.717) is 41.0 Å². The zero-order chi connectivity index (χ0) is 20.8. The quantitative estimate of drug-likeness (QED) is 0.465. The van der Waals surface area contributed by atoms with Crippen molar-refractivity contribution in [3.8, 4) is 5.75 Å². The number of H-pyrrole nitrogens is 1. The molecule has 2 aromatic carbocycles. The van der Waals surface area contributed by atoms with Gasteiger partial charge in [0.2, 0.25) is 0 Å². The van der Waals surface area contributed by atoms with Crippen molar-refractivity contribution in [2.75, 3.05) is 13.1 Å². The van der Waals surface area contributed by atoms with Gasteiger partial charge in [-0.2, -0.15) is 0 Å². The van der Waals surface area contributed by atoms with Crippen molar-refractivity contribution < 1.29 is 14.3 Å². The van der Waals surface area contributed by atoms with E-state index < -0.39 is 6.10 Å². The Bertz CT molecular complexity index is 986. The second kappa shape index (κ2) is 9.67. The number of para-hydroxylation sites is 1. The Morgan fingerprint density at radius 1 is 1.07 bits per heavy atom. The summed E-state index contributed by atoms with van der Waals surface area (Å²) in [5.74, 6) is -0.0520. The highest BCUT2D eigenvalue weighted by Crippen LogP contribution is 2.28. The molecular formula is C21H21Cl2N3O3. The molecule has 0 bridgehead atoms. The Labute approximate surface area is 178 Å². The van der Waals surface area contributed by atoms with Gasteiger partial charge in [0.05, 0.1) is 5.02 Å². The van der Waals surface area contributed by atoms with Crippen LogP contribution in [0.4, 0.5) is 0 Å². The Morgan fingerprint density at radius 3 is 2.59 bits per heavy atom. The van der Waals surface area contributed by atoms with Gasteiger partial charge in [-0.05, 0) is 43.7 Å². The summed E-state index contributed by atoms with van der Waals surface area (Å²) in [5, 5.41) is 7.43. The minimum absolute atomic E-state index is 0.179. The molecule has 0 saturated carbocycles. The fraction of sp³-hybridized carbons (Fsp3) is 0.238. The van der Waals surface area contributed by atoms with Crippen molar-refractivity contribution in [2.24, 2.45) is 0 Å². The molecule has 2 amide bonds. The molecule has 1 atom stereocenters. The van der Waals surface area contributed by atoms with Crippen LogP contribution in [0.3, 0.4) is 0 Å². The molecule has 6 nitrogen and oxygen atoms in total. The monoisotopic (exact) mass is 433 g/mol. The number of rotatable bonds is 8. The van der Waals surface area contributed by atoms with E-state index in [1.165, 1.54) is 0 Å². The molecule has 29 heavy (non-hydrogen) atoms. The minimum Gasteiger partial charge on any atom is -0.479 e. The van der Waals surface area contributed by atoms with Crippen LogP contribution in [0.1, 0.15) is 23.8 Å². The second-order valence-electron chi connectivity index (χ2n) is 6.51. The highest BCUT2D eigenvalue weighted by atomic mass is 35.5. The summed E-state index contributed by atoms with van der Waals surface area (Å²) in [4.78, 5) is 27.4. The van der Waals surface area contributed by atoms with Crippen molar-refractivity contribution in [1.29, 1.82) is 0 Å². The Balaban J connectivity index is 1.38. The van der Waals surface area contributed by atoms with Crippen molar-refractivity contribution in [3.63, 3.8) is 0 Å². The smallest absolute Gasteiger partial charge is 0.267 e. The summed E-state index contributed by atoms with van der Waals surface area (Å²) in [6.07, 6.45) is -0.124. The molecule has 152 valence electrons. The van der Waals surface area contributed by atoms with Gasteiger partial charge in [-0.1, -0.05) is 41.4 Å². The van der Waals surface area contributed by atoms with E-state index in [0.717, 1.165) is 10.9 Å². The lowest BCUT2D eigenvalue weighted by Crippen LogP contribution is -2.38. The minimum atomic E-state index is -0.713. The number of amides is 2. The summed E-state index contributed by atoms with van der Waals surface area (Å²) in [7, 11) is 0. The second-order valence-corrected chi connectivity index (χ2v) is 7.35. The number of halogens is 2. The van der Waals surface area contributed by atoms with Crippen molar-refractivity contribution >= 4 is 45.9 Å². The summed E-state index contributed by atoms with van der Waals surface area (Å²) in [6, 6.07) is 14.3. The molecule has 0 radical (unpaired) electrons. The fourth-order valence-corrected chi connectivity index (χ4v) is 3.20. The first-order chi connectivity index (χ1) is 13.9. The van der Waals surface area contributed by atoms with Gasteiger partial charge in [-0.25, -0.2) is 0 Å². The predicted molar refractivity (Wildman–Crippen MR) is 115 cm³/mol. The number of benzene rings is 2. The van der Waals surface area contributed by atoms with E-state index in [4.69, 9.17) is 27.9 Å². The molecule has 0 aliphatic rings. The molecule has 1 aromatic heterocycles. The molecule has 0 unspecified atom stereocenters. The van der Waals surface area contributed by atoms with Gasteiger partial charge >= 0.3 is 0 Å². The zero-order valence-corrected chi connectivity index (χ0v) is 17.3. The third-order valence-electron chi connectivity index (χ3n) is 4.28. The lowest BCUT2D eigenvalue weighted by atomic mass is 10.2. The lowest BCUT2D eigenvalue weighted by Gasteiger charge is -2.15. The molecule has 0 fully saturated rings. The summed E-state index contributed by atoms with van der Waals surface area (Å²) in [6.45, 7) is 2.48. The number of hydrogen-bond acceptors (Lipinski definition) is 3. The van der Waals surface area contributed by atoms with Crippen molar-refractivity contribution in [3.05, 3.63) is 64.3 Å². The summed E-state index contributed by atoms with van der Waals surface area (Å²) in [5.41, 5.74) is 1.43. The summed E-state index contributed by atoms with van der Waals surface area (Å²) >= 11 is 11.9. The predicted octanol–water partition coefficient (Wildman–Crippen LogP) is 4.18. The highest BCUT2D eigenvalue weighted by molar-refractivity contribution is 6.35. The number of aromatic nitrogens is 1. The Kier molecular flexibility index (Phi) is 7.01. The zero-order valence-electron chi connectivity index (χ0n) is 15.8. The average Bonchev–Trinajstić information content (AvgIpc) is 3.14. The van der Waals surface area contributed by atoms with Crippen molar-refractivity contribution in [2.45, 2.75) is 19.4 Å². The number of fused-ring (bicyclic) bond motifs is 1. The van der Waals surface area contributed by atoms with E-state index >= 15 is 0 Å². The van der Waals surface area contributed by atoms with Crippen molar-refractivity contribution in [1.82, 2.24) is 15.6 Å². The first-order valence-corrected chi connectivity index (χ1v) is 9.95. The van der Waals surface area contributed by atoms with E-state index in [1.807, 2.05) is 30.3 Å². The molecule has 0 saturated heterocycles. The molecule has 1 heterocycles. The van der Waals surface area contributed by atoms with Crippen LogP contribution < -0.4 is 15.4 Å². The van der Waals surface area contributed by atoms with Crippen LogP contribution in [0, 0.1) is 0 Å². The number of hydrogen-bond donors (Lipinski definition) is 3. The normalized spacial score (nSPS) is 11.8. The van der Waals surface area contributed by atoms with Crippen LogP contribution in [-0.4, -0.2) is 36.0 Å². The van der Waals surface area contributed by atoms with Gasteiger partial charge in [0, 0.05) is 29.0 Å². The van der Waals surface area contributed by atoms with Crippen LogP contribution >= 0.6 is 23.2 Å². The van der Waals surface area contributed by atoms with E-state index in [-0.39, 0.29) is 11.8 Å². The molecule has 3 aromatic rings. The van der Waals surface area contributed by atoms with Gasteiger partial charge in [0.15, 0.2) is 6.10 Å². The van der Waals surface area contributed by atoms with E-state index in [2.05, 4.69) is 15.6 Å². The Hall–Kier alpha value is -2.70. The molecule has 3 rings (SSSR count). The van der Waals surface area contributed by atoms with Crippen LogP contribution in [0.5, 0.6) is 5.75 Å². The van der Waals surface area contributed by atoms with Crippen LogP contribution in [0.2, 0.25) is 10.0 Å².